The molecule has 0 N–H and O–H groups in total. The van der Waals surface area contributed by atoms with Crippen molar-refractivity contribution in [2.45, 2.75) is 26.2 Å². The topological polar surface area (TPSA) is 26.5 Å². The van der Waals surface area contributed by atoms with Gasteiger partial charge in [0.15, 0.2) is 4.96 Å². The number of hydrogen-bond acceptors (Lipinski definition) is 3. The first kappa shape index (κ1) is 12.0. The van der Waals surface area contributed by atoms with Gasteiger partial charge >= 0.3 is 0 Å². The molecule has 0 unspecified atom stereocenters. The maximum absolute atomic E-state index is 5.47. The molecule has 0 saturated heterocycles. The van der Waals surface area contributed by atoms with Crippen LogP contribution in [0.1, 0.15) is 22.6 Å². The number of nitrogens with zero attached hydrogens (tertiary/aromatic N) is 2. The number of thiazole rings is 1. The number of hydrogen-bond donors (Lipinski definition) is 0. The van der Waals surface area contributed by atoms with Gasteiger partial charge in [-0.05, 0) is 38.3 Å². The van der Waals surface area contributed by atoms with E-state index in [1.165, 1.54) is 35.4 Å². The van der Waals surface area contributed by atoms with Crippen LogP contribution in [0.25, 0.3) is 16.2 Å². The zero-order valence-electron chi connectivity index (χ0n) is 11.6. The lowest BCUT2D eigenvalue weighted by Crippen LogP contribution is -1.89. The van der Waals surface area contributed by atoms with E-state index in [1.807, 2.05) is 17.4 Å². The number of methoxy groups -OCH3 is 1. The molecule has 4 heteroatoms. The summed E-state index contributed by atoms with van der Waals surface area (Å²) in [5, 5.41) is 0. The molecule has 3 nitrogen and oxygen atoms in total. The fraction of sp³-hybridized carbons (Fsp3) is 0.312. The molecule has 0 radical (unpaired) electrons. The minimum Gasteiger partial charge on any atom is -0.496 e. The maximum atomic E-state index is 5.47. The van der Waals surface area contributed by atoms with Gasteiger partial charge in [-0.15, -0.1) is 11.3 Å². The maximum Gasteiger partial charge on any atom is 0.194 e. The largest absolute Gasteiger partial charge is 0.496 e. The Hall–Kier alpha value is -1.81. The third kappa shape index (κ3) is 1.68. The molecule has 2 aromatic heterocycles. The smallest absolute Gasteiger partial charge is 0.194 e. The van der Waals surface area contributed by atoms with E-state index in [0.29, 0.717) is 0 Å². The Morgan fingerprint density at radius 2 is 2.20 bits per heavy atom. The van der Waals surface area contributed by atoms with E-state index in [2.05, 4.69) is 29.7 Å². The van der Waals surface area contributed by atoms with Gasteiger partial charge in [-0.2, -0.15) is 0 Å². The summed E-state index contributed by atoms with van der Waals surface area (Å²) in [6.45, 7) is 2.10. The van der Waals surface area contributed by atoms with Crippen LogP contribution in [0, 0.1) is 6.92 Å². The molecule has 2 heterocycles. The normalized spacial score (nSPS) is 13.9. The molecule has 0 amide bonds. The molecule has 3 aromatic rings. The van der Waals surface area contributed by atoms with Crippen LogP contribution in [0.15, 0.2) is 24.4 Å². The summed E-state index contributed by atoms with van der Waals surface area (Å²) in [4.78, 5) is 7.41. The van der Waals surface area contributed by atoms with E-state index in [4.69, 9.17) is 9.72 Å². The number of aryl methyl sites for hydroxylation is 3. The molecule has 4 rings (SSSR count). The summed E-state index contributed by atoms with van der Waals surface area (Å²) >= 11 is 1.83. The molecule has 1 aliphatic carbocycles. The van der Waals surface area contributed by atoms with Crippen molar-refractivity contribution in [3.05, 3.63) is 40.5 Å². The second-order valence-electron chi connectivity index (χ2n) is 5.31. The molecule has 0 bridgehead atoms. The Balaban J connectivity index is 1.90. The third-order valence-electron chi connectivity index (χ3n) is 3.95. The third-order valence-corrected chi connectivity index (χ3v) is 5.11. The summed E-state index contributed by atoms with van der Waals surface area (Å²) in [6, 6.07) is 6.23. The van der Waals surface area contributed by atoms with E-state index in [9.17, 15) is 0 Å². The predicted molar refractivity (Wildman–Crippen MR) is 81.8 cm³/mol. The number of rotatable bonds is 2. The number of aromatic nitrogens is 2. The van der Waals surface area contributed by atoms with Gasteiger partial charge in [0.1, 0.15) is 5.75 Å². The highest BCUT2D eigenvalue weighted by molar-refractivity contribution is 7.17. The quantitative estimate of drug-likeness (QED) is 0.714. The zero-order chi connectivity index (χ0) is 13.7. The van der Waals surface area contributed by atoms with Gasteiger partial charge in [0.05, 0.1) is 12.8 Å². The van der Waals surface area contributed by atoms with E-state index in [1.54, 1.807) is 7.11 Å². The SMILES string of the molecule is COc1ccc(C)cc1-c1cn2c3c(sc2n1)CCC3. The van der Waals surface area contributed by atoms with Gasteiger partial charge in [0.2, 0.25) is 0 Å². The first-order chi connectivity index (χ1) is 9.76. The van der Waals surface area contributed by atoms with Gasteiger partial charge in [-0.25, -0.2) is 4.98 Å². The van der Waals surface area contributed by atoms with Crippen LogP contribution >= 0.6 is 11.3 Å². The second kappa shape index (κ2) is 4.35. The first-order valence-electron chi connectivity index (χ1n) is 6.91. The zero-order valence-corrected chi connectivity index (χ0v) is 12.5. The van der Waals surface area contributed by atoms with Crippen molar-refractivity contribution < 1.29 is 4.74 Å². The molecule has 0 saturated carbocycles. The Morgan fingerprint density at radius 1 is 1.30 bits per heavy atom. The van der Waals surface area contributed by atoms with E-state index >= 15 is 0 Å². The molecular weight excluding hydrogens is 268 g/mol. The van der Waals surface area contributed by atoms with Crippen LogP contribution in [0.5, 0.6) is 5.75 Å². The van der Waals surface area contributed by atoms with Crippen molar-refractivity contribution in [1.29, 1.82) is 0 Å². The van der Waals surface area contributed by atoms with Gasteiger partial charge in [-0.1, -0.05) is 11.6 Å². The minimum atomic E-state index is 0.887. The lowest BCUT2D eigenvalue weighted by atomic mass is 10.1. The molecule has 0 atom stereocenters. The van der Waals surface area contributed by atoms with Crippen molar-refractivity contribution >= 4 is 16.3 Å². The number of fused-ring (bicyclic) bond motifs is 3. The highest BCUT2D eigenvalue weighted by atomic mass is 32.1. The van der Waals surface area contributed by atoms with Crippen molar-refractivity contribution in [3.63, 3.8) is 0 Å². The summed E-state index contributed by atoms with van der Waals surface area (Å²) in [5.74, 6) is 0.887. The van der Waals surface area contributed by atoms with Crippen molar-refractivity contribution in [2.75, 3.05) is 7.11 Å². The molecule has 1 aliphatic rings. The average Bonchev–Trinajstić information content (AvgIpc) is 3.09. The molecule has 1 aromatic carbocycles. The highest BCUT2D eigenvalue weighted by Gasteiger charge is 2.20. The Bertz CT molecular complexity index is 800. The van der Waals surface area contributed by atoms with Gasteiger partial charge < -0.3 is 4.74 Å². The van der Waals surface area contributed by atoms with Crippen LogP contribution in [-0.4, -0.2) is 16.5 Å². The fourth-order valence-corrected chi connectivity index (χ4v) is 4.15. The Labute approximate surface area is 121 Å². The molecule has 0 fully saturated rings. The lowest BCUT2D eigenvalue weighted by Gasteiger charge is -2.06. The van der Waals surface area contributed by atoms with Gasteiger partial charge in [0, 0.05) is 22.3 Å². The molecule has 0 aliphatic heterocycles. The van der Waals surface area contributed by atoms with Crippen LogP contribution in [-0.2, 0) is 12.8 Å². The van der Waals surface area contributed by atoms with E-state index < -0.39 is 0 Å². The summed E-state index contributed by atoms with van der Waals surface area (Å²) in [5.41, 5.74) is 4.76. The number of ether oxygens (including phenoxy) is 1. The summed E-state index contributed by atoms with van der Waals surface area (Å²) in [6.07, 6.45) is 5.83. The van der Waals surface area contributed by atoms with Crippen molar-refractivity contribution in [2.24, 2.45) is 0 Å². The molecule has 102 valence electrons. The Morgan fingerprint density at radius 3 is 3.05 bits per heavy atom. The standard InChI is InChI=1S/C16H16N2OS/c1-10-6-7-14(19-2)11(8-10)12-9-18-13-4-3-5-15(13)20-16(18)17-12/h6-9H,3-5H2,1-2H3. The lowest BCUT2D eigenvalue weighted by molar-refractivity contribution is 0.416. The summed E-state index contributed by atoms with van der Waals surface area (Å²) in [7, 11) is 1.71. The first-order valence-corrected chi connectivity index (χ1v) is 7.72. The summed E-state index contributed by atoms with van der Waals surface area (Å²) < 4.78 is 7.74. The highest BCUT2D eigenvalue weighted by Crippen LogP contribution is 2.35. The predicted octanol–water partition coefficient (Wildman–Crippen LogP) is 3.87. The molecule has 20 heavy (non-hydrogen) atoms. The minimum absolute atomic E-state index is 0.887. The van der Waals surface area contributed by atoms with Crippen molar-refractivity contribution in [1.82, 2.24) is 9.38 Å². The van der Waals surface area contributed by atoms with Crippen LogP contribution < -0.4 is 4.74 Å². The second-order valence-corrected chi connectivity index (χ2v) is 6.37. The van der Waals surface area contributed by atoms with Crippen LogP contribution in [0.4, 0.5) is 0 Å². The number of benzene rings is 1. The Kier molecular flexibility index (Phi) is 2.60. The molecule has 0 spiro atoms. The average molecular weight is 284 g/mol. The van der Waals surface area contributed by atoms with E-state index in [0.717, 1.165) is 22.0 Å². The van der Waals surface area contributed by atoms with E-state index in [-0.39, 0.29) is 0 Å². The monoisotopic (exact) mass is 284 g/mol. The number of imidazole rings is 1. The fourth-order valence-electron chi connectivity index (χ4n) is 2.96. The van der Waals surface area contributed by atoms with Crippen molar-refractivity contribution in [3.8, 4) is 17.0 Å². The van der Waals surface area contributed by atoms with Crippen LogP contribution in [0.3, 0.4) is 0 Å². The van der Waals surface area contributed by atoms with Gasteiger partial charge in [0.25, 0.3) is 0 Å². The van der Waals surface area contributed by atoms with Crippen LogP contribution in [0.2, 0.25) is 0 Å². The van der Waals surface area contributed by atoms with Gasteiger partial charge in [-0.3, -0.25) is 4.40 Å². The molecular formula is C16H16N2OS.